The van der Waals surface area contributed by atoms with Crippen LogP contribution < -0.4 is 5.01 Å². The second-order valence-corrected chi connectivity index (χ2v) is 5.18. The molecule has 0 bridgehead atoms. The van der Waals surface area contributed by atoms with Crippen molar-refractivity contribution in [3.05, 3.63) is 60.6 Å². The number of benzene rings is 1. The van der Waals surface area contributed by atoms with E-state index in [2.05, 4.69) is 46.0 Å². The molecular weight excluding hydrogens is 272 g/mol. The summed E-state index contributed by atoms with van der Waals surface area (Å²) in [7, 11) is 0. The summed E-state index contributed by atoms with van der Waals surface area (Å²) in [6.07, 6.45) is 7.13. The average Bonchev–Trinajstić information content (AvgIpc) is 2.93. The highest BCUT2D eigenvalue weighted by molar-refractivity contribution is 5.85. The molecule has 0 N–H and O–H groups in total. The van der Waals surface area contributed by atoms with E-state index >= 15 is 0 Å². The van der Waals surface area contributed by atoms with Crippen molar-refractivity contribution in [1.29, 1.82) is 5.26 Å². The standard InChI is InChI=1S/C18H18N4/c1-2-13-21(16-8-11-20-12-9-16)22-14-15(7-10-19)17-5-3-4-6-18(17)22/h3-6,8-9,11-12,14H,2,7,13H2,1H3. The molecule has 0 aliphatic rings. The molecular formula is C18H18N4. The molecule has 4 heteroatoms. The molecule has 0 aliphatic carbocycles. The van der Waals surface area contributed by atoms with Gasteiger partial charge in [-0.25, -0.2) is 0 Å². The molecule has 4 nitrogen and oxygen atoms in total. The Balaban J connectivity index is 2.16. The molecule has 0 spiro atoms. The molecule has 0 fully saturated rings. The van der Waals surface area contributed by atoms with E-state index in [1.165, 1.54) is 0 Å². The van der Waals surface area contributed by atoms with E-state index in [1.54, 1.807) is 12.4 Å². The van der Waals surface area contributed by atoms with Crippen LogP contribution in [0.5, 0.6) is 0 Å². The Labute approximate surface area is 130 Å². The molecule has 0 saturated carbocycles. The Morgan fingerprint density at radius 3 is 2.68 bits per heavy atom. The summed E-state index contributed by atoms with van der Waals surface area (Å²) < 4.78 is 2.15. The van der Waals surface area contributed by atoms with Crippen LogP contribution in [0.1, 0.15) is 18.9 Å². The highest BCUT2D eigenvalue weighted by Crippen LogP contribution is 2.25. The molecule has 1 aromatic carbocycles. The van der Waals surface area contributed by atoms with Gasteiger partial charge in [0.05, 0.1) is 23.7 Å². The van der Waals surface area contributed by atoms with Crippen molar-refractivity contribution in [1.82, 2.24) is 9.66 Å². The number of hydrogen-bond acceptors (Lipinski definition) is 3. The number of hydrogen-bond donors (Lipinski definition) is 0. The highest BCUT2D eigenvalue weighted by atomic mass is 15.5. The summed E-state index contributed by atoms with van der Waals surface area (Å²) in [5.74, 6) is 0. The summed E-state index contributed by atoms with van der Waals surface area (Å²) in [6.45, 7) is 3.06. The summed E-state index contributed by atoms with van der Waals surface area (Å²) in [6, 6.07) is 14.5. The van der Waals surface area contributed by atoms with Gasteiger partial charge in [-0.05, 0) is 30.2 Å². The number of aromatic nitrogens is 2. The van der Waals surface area contributed by atoms with Gasteiger partial charge in [0.2, 0.25) is 0 Å². The lowest BCUT2D eigenvalue weighted by molar-refractivity contribution is 0.694. The van der Waals surface area contributed by atoms with Gasteiger partial charge in [-0.15, -0.1) is 0 Å². The smallest absolute Gasteiger partial charge is 0.0701 e. The number of pyridine rings is 1. The first-order valence-corrected chi connectivity index (χ1v) is 7.49. The van der Waals surface area contributed by atoms with E-state index in [0.717, 1.165) is 35.1 Å². The SMILES string of the molecule is CCCN(c1ccncc1)n1cc(CC#N)c2ccccc21. The van der Waals surface area contributed by atoms with E-state index < -0.39 is 0 Å². The van der Waals surface area contributed by atoms with Gasteiger partial charge in [0.15, 0.2) is 0 Å². The second-order valence-electron chi connectivity index (χ2n) is 5.18. The molecule has 2 heterocycles. The topological polar surface area (TPSA) is 44.9 Å². The van der Waals surface area contributed by atoms with Crippen molar-refractivity contribution >= 4 is 16.6 Å². The molecule has 0 aliphatic heterocycles. The van der Waals surface area contributed by atoms with Gasteiger partial charge >= 0.3 is 0 Å². The number of rotatable bonds is 5. The third-order valence-corrected chi connectivity index (χ3v) is 3.70. The van der Waals surface area contributed by atoms with Crippen molar-refractivity contribution in [2.24, 2.45) is 0 Å². The molecule has 0 radical (unpaired) electrons. The highest BCUT2D eigenvalue weighted by Gasteiger charge is 2.14. The molecule has 3 aromatic rings. The lowest BCUT2D eigenvalue weighted by Gasteiger charge is -2.26. The van der Waals surface area contributed by atoms with Crippen LogP contribution in [-0.2, 0) is 6.42 Å². The van der Waals surface area contributed by atoms with E-state index in [4.69, 9.17) is 5.26 Å². The first-order chi connectivity index (χ1) is 10.8. The summed E-state index contributed by atoms with van der Waals surface area (Å²) >= 11 is 0. The molecule has 0 saturated heterocycles. The molecule has 0 atom stereocenters. The first kappa shape index (κ1) is 14.2. The Bertz CT molecular complexity index is 799. The maximum absolute atomic E-state index is 9.07. The Hall–Kier alpha value is -2.80. The lowest BCUT2D eigenvalue weighted by atomic mass is 10.1. The third kappa shape index (κ3) is 2.53. The van der Waals surface area contributed by atoms with E-state index in [1.807, 2.05) is 24.3 Å². The van der Waals surface area contributed by atoms with Crippen molar-refractivity contribution < 1.29 is 0 Å². The Morgan fingerprint density at radius 2 is 1.95 bits per heavy atom. The number of fused-ring (bicyclic) bond motifs is 1. The van der Waals surface area contributed by atoms with Crippen LogP contribution in [0.4, 0.5) is 5.69 Å². The molecule has 22 heavy (non-hydrogen) atoms. The summed E-state index contributed by atoms with van der Waals surface area (Å²) in [5.41, 5.74) is 3.28. The minimum atomic E-state index is 0.420. The molecule has 110 valence electrons. The van der Waals surface area contributed by atoms with Gasteiger partial charge in [-0.2, -0.15) is 5.26 Å². The zero-order valence-corrected chi connectivity index (χ0v) is 12.6. The Morgan fingerprint density at radius 1 is 1.18 bits per heavy atom. The van der Waals surface area contributed by atoms with Gasteiger partial charge in [0.1, 0.15) is 0 Å². The largest absolute Gasteiger partial charge is 0.281 e. The van der Waals surface area contributed by atoms with Gasteiger partial charge < -0.3 is 0 Å². The number of para-hydroxylation sites is 1. The van der Waals surface area contributed by atoms with E-state index in [0.29, 0.717) is 6.42 Å². The summed E-state index contributed by atoms with van der Waals surface area (Å²) in [5, 5.41) is 12.4. The third-order valence-electron chi connectivity index (χ3n) is 3.70. The van der Waals surface area contributed by atoms with E-state index in [-0.39, 0.29) is 0 Å². The van der Waals surface area contributed by atoms with Crippen LogP contribution in [0.15, 0.2) is 55.0 Å². The maximum Gasteiger partial charge on any atom is 0.0701 e. The minimum absolute atomic E-state index is 0.420. The zero-order valence-electron chi connectivity index (χ0n) is 12.6. The molecule has 0 unspecified atom stereocenters. The lowest BCUT2D eigenvalue weighted by Crippen LogP contribution is -2.29. The van der Waals surface area contributed by atoms with Crippen molar-refractivity contribution in [3.63, 3.8) is 0 Å². The number of nitrogens with zero attached hydrogens (tertiary/aromatic N) is 4. The predicted octanol–water partition coefficient (Wildman–Crippen LogP) is 3.78. The van der Waals surface area contributed by atoms with E-state index in [9.17, 15) is 0 Å². The van der Waals surface area contributed by atoms with Crippen LogP contribution in [-0.4, -0.2) is 16.2 Å². The van der Waals surface area contributed by atoms with Crippen LogP contribution in [0.2, 0.25) is 0 Å². The number of anilines is 1. The van der Waals surface area contributed by atoms with Gasteiger partial charge in [0.25, 0.3) is 0 Å². The average molecular weight is 290 g/mol. The first-order valence-electron chi connectivity index (χ1n) is 7.49. The van der Waals surface area contributed by atoms with Gasteiger partial charge in [0, 0.05) is 30.5 Å². The maximum atomic E-state index is 9.07. The summed E-state index contributed by atoms with van der Waals surface area (Å²) in [4.78, 5) is 4.10. The van der Waals surface area contributed by atoms with Crippen LogP contribution in [0.3, 0.4) is 0 Å². The minimum Gasteiger partial charge on any atom is -0.281 e. The number of nitriles is 1. The normalized spacial score (nSPS) is 10.5. The van der Waals surface area contributed by atoms with Gasteiger partial charge in [-0.3, -0.25) is 14.7 Å². The van der Waals surface area contributed by atoms with Crippen LogP contribution in [0, 0.1) is 11.3 Å². The Kier molecular flexibility index (Phi) is 4.06. The fourth-order valence-corrected chi connectivity index (χ4v) is 2.75. The van der Waals surface area contributed by atoms with Crippen molar-refractivity contribution in [2.45, 2.75) is 19.8 Å². The molecule has 0 amide bonds. The quantitative estimate of drug-likeness (QED) is 0.718. The molecule has 3 rings (SSSR count). The zero-order chi connectivity index (χ0) is 15.4. The van der Waals surface area contributed by atoms with Crippen molar-refractivity contribution in [2.75, 3.05) is 11.6 Å². The van der Waals surface area contributed by atoms with Crippen LogP contribution in [0.25, 0.3) is 10.9 Å². The van der Waals surface area contributed by atoms with Gasteiger partial charge in [-0.1, -0.05) is 25.1 Å². The molecule has 2 aromatic heterocycles. The fourth-order valence-electron chi connectivity index (χ4n) is 2.75. The second kappa shape index (κ2) is 6.31. The predicted molar refractivity (Wildman–Crippen MR) is 88.5 cm³/mol. The monoisotopic (exact) mass is 290 g/mol. The fraction of sp³-hybridized carbons (Fsp3) is 0.222. The van der Waals surface area contributed by atoms with Crippen molar-refractivity contribution in [3.8, 4) is 6.07 Å². The van der Waals surface area contributed by atoms with Crippen LogP contribution >= 0.6 is 0 Å².